The van der Waals surface area contributed by atoms with Crippen LogP contribution in [0, 0.1) is 0 Å². The molecule has 3 nitrogen and oxygen atoms in total. The number of benzene rings is 1. The Bertz CT molecular complexity index is 447. The van der Waals surface area contributed by atoms with E-state index in [0.29, 0.717) is 6.61 Å². The minimum Gasteiger partial charge on any atom is -0.487 e. The summed E-state index contributed by atoms with van der Waals surface area (Å²) in [5.41, 5.74) is 0.890. The van der Waals surface area contributed by atoms with Crippen LogP contribution in [0.2, 0.25) is 5.02 Å². The Morgan fingerprint density at radius 2 is 2.05 bits per heavy atom. The molecule has 1 unspecified atom stereocenters. The first kappa shape index (κ1) is 14.9. The molecule has 0 saturated carbocycles. The summed E-state index contributed by atoms with van der Waals surface area (Å²) in [6, 6.07) is 5.74. The second-order valence-electron chi connectivity index (χ2n) is 5.12. The molecule has 0 bridgehead atoms. The maximum absolute atomic E-state index is 6.20. The average molecular weight is 304 g/mol. The maximum atomic E-state index is 6.20. The number of halogens is 2. The molecule has 0 aromatic heterocycles. The van der Waals surface area contributed by atoms with Gasteiger partial charge in [0.05, 0.1) is 6.61 Å². The fourth-order valence-electron chi connectivity index (χ4n) is 2.81. The van der Waals surface area contributed by atoms with Crippen LogP contribution in [-0.2, 0) is 11.3 Å². The van der Waals surface area contributed by atoms with E-state index < -0.39 is 0 Å². The first-order chi connectivity index (χ1) is 8.70. The van der Waals surface area contributed by atoms with Gasteiger partial charge in [-0.2, -0.15) is 0 Å². The molecule has 2 heterocycles. The Labute approximate surface area is 125 Å². The Hall–Kier alpha value is -0.480. The van der Waals surface area contributed by atoms with Gasteiger partial charge in [-0.1, -0.05) is 11.6 Å². The van der Waals surface area contributed by atoms with Gasteiger partial charge >= 0.3 is 0 Å². The van der Waals surface area contributed by atoms with Gasteiger partial charge in [-0.15, -0.1) is 12.4 Å². The van der Waals surface area contributed by atoms with E-state index in [2.05, 4.69) is 12.2 Å². The van der Waals surface area contributed by atoms with Gasteiger partial charge < -0.3 is 14.8 Å². The van der Waals surface area contributed by atoms with Crippen molar-refractivity contribution in [3.05, 3.63) is 28.8 Å². The number of piperidine rings is 1. The lowest BCUT2D eigenvalue weighted by Gasteiger charge is -2.40. The van der Waals surface area contributed by atoms with Crippen LogP contribution in [0.25, 0.3) is 0 Å². The van der Waals surface area contributed by atoms with Gasteiger partial charge in [0.2, 0.25) is 0 Å². The molecule has 19 heavy (non-hydrogen) atoms. The van der Waals surface area contributed by atoms with Crippen molar-refractivity contribution in [1.29, 1.82) is 0 Å². The zero-order valence-corrected chi connectivity index (χ0v) is 12.5. The van der Waals surface area contributed by atoms with Gasteiger partial charge in [0, 0.05) is 10.6 Å². The van der Waals surface area contributed by atoms with Crippen LogP contribution in [-0.4, -0.2) is 24.8 Å². The Morgan fingerprint density at radius 3 is 2.79 bits per heavy atom. The highest BCUT2D eigenvalue weighted by atomic mass is 35.5. The molecule has 1 fully saturated rings. The summed E-state index contributed by atoms with van der Waals surface area (Å²) in [4.78, 5) is 0. The zero-order valence-electron chi connectivity index (χ0n) is 10.9. The predicted molar refractivity (Wildman–Crippen MR) is 78.4 cm³/mol. The third-order valence-electron chi connectivity index (χ3n) is 4.03. The van der Waals surface area contributed by atoms with Gasteiger partial charge in [-0.3, -0.25) is 0 Å². The number of nitrogens with one attached hydrogen (secondary N) is 1. The highest BCUT2D eigenvalue weighted by Gasteiger charge is 2.42. The Kier molecular flexibility index (Phi) is 4.62. The molecule has 1 aromatic carbocycles. The van der Waals surface area contributed by atoms with Crippen LogP contribution in [0.15, 0.2) is 18.2 Å². The van der Waals surface area contributed by atoms with Crippen molar-refractivity contribution in [1.82, 2.24) is 5.32 Å². The highest BCUT2D eigenvalue weighted by Crippen LogP contribution is 2.37. The lowest BCUT2D eigenvalue weighted by atomic mass is 9.87. The van der Waals surface area contributed by atoms with Crippen LogP contribution >= 0.6 is 24.0 Å². The summed E-state index contributed by atoms with van der Waals surface area (Å²) in [7, 11) is 0. The zero-order chi connectivity index (χ0) is 12.6. The topological polar surface area (TPSA) is 30.5 Å². The SMILES string of the molecule is CC1Oc2ccc(Cl)cc2COC12CCNCC2.Cl. The predicted octanol–water partition coefficient (Wildman–Crippen LogP) is 3.18. The van der Waals surface area contributed by atoms with Crippen LogP contribution in [0.4, 0.5) is 0 Å². The number of rotatable bonds is 0. The van der Waals surface area contributed by atoms with Crippen molar-refractivity contribution >= 4 is 24.0 Å². The van der Waals surface area contributed by atoms with E-state index in [0.717, 1.165) is 42.3 Å². The molecule has 1 saturated heterocycles. The molecule has 2 aliphatic heterocycles. The smallest absolute Gasteiger partial charge is 0.125 e. The van der Waals surface area contributed by atoms with E-state index in [1.807, 2.05) is 18.2 Å². The quantitative estimate of drug-likeness (QED) is 0.798. The standard InChI is InChI=1S/C14H18ClNO2.ClH/c1-10-14(4-6-16-7-5-14)17-9-11-8-12(15)2-3-13(11)18-10;/h2-3,8,10,16H,4-7,9H2,1H3;1H. The lowest BCUT2D eigenvalue weighted by molar-refractivity contribution is -0.122. The van der Waals surface area contributed by atoms with Gasteiger partial charge in [0.1, 0.15) is 17.5 Å². The number of ether oxygens (including phenoxy) is 2. The van der Waals surface area contributed by atoms with Crippen LogP contribution in [0.5, 0.6) is 5.75 Å². The molecule has 2 aliphatic rings. The summed E-state index contributed by atoms with van der Waals surface area (Å²) < 4.78 is 12.3. The molecule has 106 valence electrons. The molecule has 5 heteroatoms. The summed E-state index contributed by atoms with van der Waals surface area (Å²) in [5, 5.41) is 4.10. The van der Waals surface area contributed by atoms with Gasteiger partial charge in [0.25, 0.3) is 0 Å². The van der Waals surface area contributed by atoms with Gasteiger partial charge in [0.15, 0.2) is 0 Å². The molecular weight excluding hydrogens is 285 g/mol. The largest absolute Gasteiger partial charge is 0.487 e. The average Bonchev–Trinajstić information content (AvgIpc) is 2.51. The van der Waals surface area contributed by atoms with E-state index in [4.69, 9.17) is 21.1 Å². The normalized spacial score (nSPS) is 24.8. The van der Waals surface area contributed by atoms with Gasteiger partial charge in [-0.05, 0) is 51.1 Å². The first-order valence-corrected chi connectivity index (χ1v) is 6.87. The molecule has 0 aliphatic carbocycles. The molecule has 1 atom stereocenters. The number of hydrogen-bond acceptors (Lipinski definition) is 3. The van der Waals surface area contributed by atoms with Crippen molar-refractivity contribution in [2.24, 2.45) is 0 Å². The van der Waals surface area contributed by atoms with Crippen LogP contribution in [0.3, 0.4) is 0 Å². The summed E-state index contributed by atoms with van der Waals surface area (Å²) in [6.07, 6.45) is 2.06. The molecule has 3 rings (SSSR count). The van der Waals surface area contributed by atoms with Crippen molar-refractivity contribution < 1.29 is 9.47 Å². The minimum absolute atomic E-state index is 0. The second-order valence-corrected chi connectivity index (χ2v) is 5.55. The van der Waals surface area contributed by atoms with E-state index >= 15 is 0 Å². The summed E-state index contributed by atoms with van der Waals surface area (Å²) >= 11 is 6.02. The fourth-order valence-corrected chi connectivity index (χ4v) is 3.01. The highest BCUT2D eigenvalue weighted by molar-refractivity contribution is 6.30. The van der Waals surface area contributed by atoms with Crippen molar-refractivity contribution in [2.75, 3.05) is 13.1 Å². The summed E-state index contributed by atoms with van der Waals surface area (Å²) in [6.45, 7) is 4.67. The Morgan fingerprint density at radius 1 is 1.32 bits per heavy atom. The Balaban J connectivity index is 0.00000133. The van der Waals surface area contributed by atoms with E-state index in [1.165, 1.54) is 0 Å². The van der Waals surface area contributed by atoms with Crippen molar-refractivity contribution in [2.45, 2.75) is 38.1 Å². The van der Waals surface area contributed by atoms with Crippen molar-refractivity contribution in [3.8, 4) is 5.75 Å². The third-order valence-corrected chi connectivity index (χ3v) is 4.27. The first-order valence-electron chi connectivity index (χ1n) is 6.49. The van der Waals surface area contributed by atoms with E-state index in [-0.39, 0.29) is 24.1 Å². The maximum Gasteiger partial charge on any atom is 0.125 e. The molecule has 0 radical (unpaired) electrons. The van der Waals surface area contributed by atoms with Crippen LogP contribution < -0.4 is 10.1 Å². The molecule has 1 aromatic rings. The van der Waals surface area contributed by atoms with Gasteiger partial charge in [-0.25, -0.2) is 0 Å². The minimum atomic E-state index is -0.156. The number of fused-ring (bicyclic) bond motifs is 1. The molecule has 1 spiro atoms. The number of hydrogen-bond donors (Lipinski definition) is 1. The van der Waals surface area contributed by atoms with E-state index in [1.54, 1.807) is 0 Å². The summed E-state index contributed by atoms with van der Waals surface area (Å²) in [5.74, 6) is 0.905. The molecule has 0 amide bonds. The fraction of sp³-hybridized carbons (Fsp3) is 0.571. The molecule has 1 N–H and O–H groups in total. The van der Waals surface area contributed by atoms with Crippen molar-refractivity contribution in [3.63, 3.8) is 0 Å². The second kappa shape index (κ2) is 5.88. The lowest BCUT2D eigenvalue weighted by Crippen LogP contribution is -2.52. The van der Waals surface area contributed by atoms with Crippen LogP contribution in [0.1, 0.15) is 25.3 Å². The third kappa shape index (κ3) is 2.84. The molecular formula is C14H19Cl2NO2. The van der Waals surface area contributed by atoms with E-state index in [9.17, 15) is 0 Å². The monoisotopic (exact) mass is 303 g/mol.